The van der Waals surface area contributed by atoms with Crippen LogP contribution in [-0.4, -0.2) is 152 Å². The highest BCUT2D eigenvalue weighted by Gasteiger charge is 2.37. The van der Waals surface area contributed by atoms with Gasteiger partial charge in [-0.3, -0.25) is 43.2 Å². The van der Waals surface area contributed by atoms with E-state index in [0.717, 1.165) is 14.2 Å². The molecule has 0 bridgehead atoms. The zero-order valence-corrected chi connectivity index (χ0v) is 42.7. The summed E-state index contributed by atoms with van der Waals surface area (Å²) in [5.41, 5.74) is 4.50. The average Bonchev–Trinajstić information content (AvgIpc) is 3.54. The Morgan fingerprint density at radius 3 is 1.47 bits per heavy atom. The maximum atomic E-state index is 12.2. The lowest BCUT2D eigenvalue weighted by Gasteiger charge is -2.22. The Morgan fingerprint density at radius 1 is 0.611 bits per heavy atom. The van der Waals surface area contributed by atoms with Crippen LogP contribution in [0.4, 0.5) is 9.59 Å². The standard InChI is InChI=1S/C20H24N2O8.C16H27NO7.C11H19NO6/c1-20(2,3)30-19(27)21-15(18(26)28-4)10-9-12(23)11-29-22-16(24)13-7-5-6-8-14(13)17(22)25;1-4-23-14(19)9-6-11(15(20)24-5-2)10-12(18)7-8-13(17)16(21)22-3;1-11(2,3)18-10(16)12-7(9(15)17-4)5-6-8(13)14/h5-8,15H,9-11H2,1-4H3,(H,21,27);11,13H,4-10,17H2,1-3H3;7H,5-6H2,1-4H3,(H,12,16)(H,13,14)/t15-;11-,13+;7-/m010/s1. The summed E-state index contributed by atoms with van der Waals surface area (Å²) in [4.78, 5) is 145. The fraction of sp³-hybridized carbons (Fsp3) is 0.617. The van der Waals surface area contributed by atoms with Gasteiger partial charge in [-0.25, -0.2) is 19.2 Å². The van der Waals surface area contributed by atoms with E-state index >= 15 is 0 Å². The smallest absolute Gasteiger partial charge is 0.408 e. The molecular formula is C47H70N4O21. The number of carbonyl (C=O) groups excluding carboxylic acids is 11. The number of amides is 4. The molecular weight excluding hydrogens is 957 g/mol. The number of hydroxylamine groups is 2. The van der Waals surface area contributed by atoms with Crippen LogP contribution in [-0.2, 0) is 76.4 Å². The monoisotopic (exact) mass is 1030 g/mol. The Kier molecular flexibility index (Phi) is 29.6. The molecule has 0 fully saturated rings. The first-order chi connectivity index (χ1) is 33.5. The van der Waals surface area contributed by atoms with Crippen LogP contribution in [0.2, 0.25) is 0 Å². The minimum absolute atomic E-state index is 0.0340. The number of hydrogen-bond acceptors (Lipinski definition) is 21. The van der Waals surface area contributed by atoms with Gasteiger partial charge in [-0.05, 0) is 93.2 Å². The number of benzene rings is 1. The van der Waals surface area contributed by atoms with Crippen molar-refractivity contribution in [3.05, 3.63) is 35.4 Å². The highest BCUT2D eigenvalue weighted by atomic mass is 16.7. The summed E-state index contributed by atoms with van der Waals surface area (Å²) in [5.74, 6) is -6.76. The van der Waals surface area contributed by atoms with Crippen molar-refractivity contribution in [1.82, 2.24) is 15.7 Å². The number of nitrogens with zero attached hydrogens (tertiary/aromatic N) is 1. The lowest BCUT2D eigenvalue weighted by Crippen LogP contribution is -2.44. The largest absolute Gasteiger partial charge is 0.481 e. The SMILES string of the molecule is CCOC(=O)CC[C@H](CC(=O)CC[C@H](N)C(=O)OC)C(=O)OCC.COC(=O)[C@H](CCC(=O)CON1C(=O)c2ccccc2C1=O)NC(=O)OC(C)(C)C.COC(=O)[C@H](CCC(=O)O)NC(=O)OC(C)(C)C. The summed E-state index contributed by atoms with van der Waals surface area (Å²) in [5, 5.41) is 13.7. The van der Waals surface area contributed by atoms with Gasteiger partial charge in [-0.15, -0.1) is 5.06 Å². The van der Waals surface area contributed by atoms with Crippen molar-refractivity contribution in [2.24, 2.45) is 11.7 Å². The van der Waals surface area contributed by atoms with Crippen LogP contribution in [0.15, 0.2) is 24.3 Å². The van der Waals surface area contributed by atoms with Crippen molar-refractivity contribution < 1.29 is 101 Å². The molecule has 0 saturated heterocycles. The predicted octanol–water partition coefficient (Wildman–Crippen LogP) is 3.30. The Balaban J connectivity index is 0.00000109. The van der Waals surface area contributed by atoms with E-state index in [4.69, 9.17) is 34.6 Å². The van der Waals surface area contributed by atoms with Crippen LogP contribution in [0.1, 0.15) is 134 Å². The molecule has 1 aliphatic rings. The summed E-state index contributed by atoms with van der Waals surface area (Å²) in [6.07, 6.45) is -1.84. The minimum Gasteiger partial charge on any atom is -0.481 e. The number of ketones is 2. The summed E-state index contributed by atoms with van der Waals surface area (Å²) in [7, 11) is 3.53. The summed E-state index contributed by atoms with van der Waals surface area (Å²) in [6.45, 7) is 13.3. The number of fused-ring (bicyclic) bond motifs is 1. The molecule has 0 aromatic heterocycles. The summed E-state index contributed by atoms with van der Waals surface area (Å²) < 4.78 is 33.4. The molecule has 25 heteroatoms. The quantitative estimate of drug-likeness (QED) is 0.0620. The summed E-state index contributed by atoms with van der Waals surface area (Å²) in [6, 6.07) is 3.20. The summed E-state index contributed by atoms with van der Waals surface area (Å²) >= 11 is 0. The van der Waals surface area contributed by atoms with Gasteiger partial charge in [0.2, 0.25) is 0 Å². The van der Waals surface area contributed by atoms with Gasteiger partial charge < -0.3 is 54.6 Å². The number of nitrogens with one attached hydrogen (secondary N) is 2. The lowest BCUT2D eigenvalue weighted by molar-refractivity contribution is -0.151. The Morgan fingerprint density at radius 2 is 1.06 bits per heavy atom. The number of methoxy groups -OCH3 is 3. The number of ether oxygens (including phenoxy) is 7. The van der Waals surface area contributed by atoms with Gasteiger partial charge in [-0.1, -0.05) is 12.1 Å². The second-order valence-corrected chi connectivity index (χ2v) is 17.4. The highest BCUT2D eigenvalue weighted by Crippen LogP contribution is 2.23. The van der Waals surface area contributed by atoms with E-state index in [1.807, 2.05) is 0 Å². The number of alkyl carbamates (subject to hydrolysis) is 2. The van der Waals surface area contributed by atoms with Crippen LogP contribution in [0.3, 0.4) is 0 Å². The van der Waals surface area contributed by atoms with E-state index in [2.05, 4.69) is 24.8 Å². The molecule has 4 atom stereocenters. The second-order valence-electron chi connectivity index (χ2n) is 17.4. The van der Waals surface area contributed by atoms with Crippen molar-refractivity contribution in [3.8, 4) is 0 Å². The van der Waals surface area contributed by atoms with Gasteiger partial charge in [0, 0.05) is 32.1 Å². The molecule has 1 aliphatic heterocycles. The van der Waals surface area contributed by atoms with Gasteiger partial charge in [0.1, 0.15) is 41.7 Å². The normalized spacial score (nSPS) is 13.3. The van der Waals surface area contributed by atoms with Crippen molar-refractivity contribution in [3.63, 3.8) is 0 Å². The number of carboxylic acids is 1. The first kappa shape index (κ1) is 65.0. The number of carbonyl (C=O) groups is 12. The molecule has 5 N–H and O–H groups in total. The van der Waals surface area contributed by atoms with Gasteiger partial charge in [0.25, 0.3) is 11.8 Å². The van der Waals surface area contributed by atoms with Gasteiger partial charge in [0.15, 0.2) is 5.78 Å². The molecule has 0 unspecified atom stereocenters. The van der Waals surface area contributed by atoms with E-state index < -0.39 is 107 Å². The Hall–Kier alpha value is -7.02. The van der Waals surface area contributed by atoms with Crippen LogP contribution in [0, 0.1) is 5.92 Å². The molecule has 2 rings (SSSR count). The van der Waals surface area contributed by atoms with Crippen molar-refractivity contribution in [2.75, 3.05) is 41.2 Å². The number of imide groups is 1. The van der Waals surface area contributed by atoms with Crippen LogP contribution < -0.4 is 16.4 Å². The predicted molar refractivity (Wildman–Crippen MR) is 249 cm³/mol. The van der Waals surface area contributed by atoms with E-state index in [-0.39, 0.29) is 87.9 Å². The molecule has 72 heavy (non-hydrogen) atoms. The van der Waals surface area contributed by atoms with Gasteiger partial charge >= 0.3 is 48.0 Å². The van der Waals surface area contributed by atoms with Crippen molar-refractivity contribution >= 4 is 71.4 Å². The number of hydrogen-bond donors (Lipinski definition) is 4. The molecule has 404 valence electrons. The first-order valence-electron chi connectivity index (χ1n) is 22.7. The third kappa shape index (κ3) is 26.8. The molecule has 1 aromatic carbocycles. The maximum Gasteiger partial charge on any atom is 0.408 e. The average molecular weight is 1030 g/mol. The molecule has 0 saturated carbocycles. The first-order valence-corrected chi connectivity index (χ1v) is 22.7. The lowest BCUT2D eigenvalue weighted by atomic mass is 9.94. The molecule has 4 amide bonds. The van der Waals surface area contributed by atoms with Crippen LogP contribution >= 0.6 is 0 Å². The molecule has 0 aliphatic carbocycles. The van der Waals surface area contributed by atoms with E-state index in [1.165, 1.54) is 19.2 Å². The molecule has 0 radical (unpaired) electrons. The molecule has 1 aromatic rings. The van der Waals surface area contributed by atoms with Crippen LogP contribution in [0.25, 0.3) is 0 Å². The number of rotatable bonds is 25. The molecule has 1 heterocycles. The van der Waals surface area contributed by atoms with Gasteiger partial charge in [-0.2, -0.15) is 0 Å². The minimum atomic E-state index is -1.10. The Bertz CT molecular complexity index is 2010. The topological polar surface area (TPSA) is 352 Å². The van der Waals surface area contributed by atoms with E-state index in [1.54, 1.807) is 67.5 Å². The third-order valence-corrected chi connectivity index (χ3v) is 9.16. The van der Waals surface area contributed by atoms with Crippen molar-refractivity contribution in [1.29, 1.82) is 0 Å². The number of aliphatic carboxylic acids is 1. The van der Waals surface area contributed by atoms with E-state index in [0.29, 0.717) is 5.06 Å². The second kappa shape index (κ2) is 32.8. The maximum absolute atomic E-state index is 12.2. The molecule has 25 nitrogen and oxygen atoms in total. The third-order valence-electron chi connectivity index (χ3n) is 9.16. The zero-order valence-electron chi connectivity index (χ0n) is 42.7. The zero-order chi connectivity index (χ0) is 55.4. The van der Waals surface area contributed by atoms with E-state index in [9.17, 15) is 57.5 Å². The fourth-order valence-electron chi connectivity index (χ4n) is 5.80. The fourth-order valence-corrected chi connectivity index (χ4v) is 5.80. The number of Topliss-reactive ketones (excluding diaryl/α,β-unsaturated/α-hetero) is 2. The van der Waals surface area contributed by atoms with Crippen molar-refractivity contribution in [2.45, 2.75) is 143 Å². The highest BCUT2D eigenvalue weighted by molar-refractivity contribution is 6.20. The Labute approximate surface area is 417 Å². The van der Waals surface area contributed by atoms with Gasteiger partial charge in [0.05, 0.1) is 51.6 Å². The van der Waals surface area contributed by atoms with Crippen LogP contribution in [0.5, 0.6) is 0 Å². The number of nitrogens with two attached hydrogens (primary N) is 1. The molecule has 0 spiro atoms. The number of esters is 5. The number of carboxylic acid groups (broad SMARTS) is 1.